The van der Waals surface area contributed by atoms with Gasteiger partial charge in [0.2, 0.25) is 0 Å². The molecule has 2 rings (SSSR count). The van der Waals surface area contributed by atoms with Crippen molar-refractivity contribution >= 4 is 0 Å². The molecular formula is C13H18FN. The first-order chi connectivity index (χ1) is 7.16. The second-order valence-corrected chi connectivity index (χ2v) is 4.64. The van der Waals surface area contributed by atoms with Crippen molar-refractivity contribution < 1.29 is 4.39 Å². The van der Waals surface area contributed by atoms with Crippen LogP contribution in [0, 0.1) is 18.7 Å². The number of nitrogens with two attached hydrogens (primary N) is 1. The lowest BCUT2D eigenvalue weighted by atomic mass is 9.79. The third-order valence-electron chi connectivity index (χ3n) is 3.44. The summed E-state index contributed by atoms with van der Waals surface area (Å²) in [6, 6.07) is 4.98. The molecule has 0 heterocycles. The van der Waals surface area contributed by atoms with Crippen LogP contribution in [-0.4, -0.2) is 0 Å². The predicted octanol–water partition coefficient (Wildman–Crippen LogP) is 3.32. The van der Waals surface area contributed by atoms with Gasteiger partial charge < -0.3 is 5.73 Å². The lowest BCUT2D eigenvalue weighted by Gasteiger charge is -2.28. The molecule has 82 valence electrons. The summed E-state index contributed by atoms with van der Waals surface area (Å²) in [6.45, 7) is 1.93. The van der Waals surface area contributed by atoms with Crippen LogP contribution in [0.15, 0.2) is 18.2 Å². The molecule has 1 aromatic carbocycles. The maximum absolute atomic E-state index is 12.9. The smallest absolute Gasteiger partial charge is 0.123 e. The first kappa shape index (κ1) is 10.6. The van der Waals surface area contributed by atoms with E-state index in [0.29, 0.717) is 0 Å². The summed E-state index contributed by atoms with van der Waals surface area (Å²) in [7, 11) is 0. The van der Waals surface area contributed by atoms with E-state index in [1.165, 1.54) is 25.3 Å². The fourth-order valence-electron chi connectivity index (χ4n) is 2.27. The second-order valence-electron chi connectivity index (χ2n) is 4.64. The molecule has 0 aliphatic heterocycles. The standard InChI is InChI=1S/C13H18FN/c1-9-7-11(14)5-6-12(9)13(15)8-10-3-2-4-10/h5-7,10,13H,2-4,8,15H2,1H3. The molecule has 0 aromatic heterocycles. The van der Waals surface area contributed by atoms with E-state index in [0.717, 1.165) is 23.5 Å². The molecule has 1 aliphatic rings. The molecule has 1 unspecified atom stereocenters. The Morgan fingerprint density at radius 3 is 2.73 bits per heavy atom. The van der Waals surface area contributed by atoms with Gasteiger partial charge in [-0.15, -0.1) is 0 Å². The second kappa shape index (κ2) is 4.31. The molecule has 15 heavy (non-hydrogen) atoms. The Morgan fingerprint density at radius 1 is 1.47 bits per heavy atom. The van der Waals surface area contributed by atoms with Gasteiger partial charge in [0.25, 0.3) is 0 Å². The Balaban J connectivity index is 2.06. The fraction of sp³-hybridized carbons (Fsp3) is 0.538. The Labute approximate surface area is 90.5 Å². The van der Waals surface area contributed by atoms with Crippen molar-refractivity contribution in [2.24, 2.45) is 11.7 Å². The van der Waals surface area contributed by atoms with Gasteiger partial charge in [0, 0.05) is 6.04 Å². The minimum absolute atomic E-state index is 0.0795. The number of hydrogen-bond donors (Lipinski definition) is 1. The summed E-state index contributed by atoms with van der Waals surface area (Å²) in [5.41, 5.74) is 8.21. The van der Waals surface area contributed by atoms with Gasteiger partial charge in [-0.05, 0) is 42.5 Å². The van der Waals surface area contributed by atoms with Crippen LogP contribution in [0.2, 0.25) is 0 Å². The van der Waals surface area contributed by atoms with Gasteiger partial charge in [-0.3, -0.25) is 0 Å². The summed E-state index contributed by atoms with van der Waals surface area (Å²) >= 11 is 0. The van der Waals surface area contributed by atoms with E-state index < -0.39 is 0 Å². The molecule has 1 aromatic rings. The Bertz CT molecular complexity index is 344. The molecule has 1 atom stereocenters. The van der Waals surface area contributed by atoms with E-state index >= 15 is 0 Å². The van der Waals surface area contributed by atoms with Crippen LogP contribution in [0.5, 0.6) is 0 Å². The number of aryl methyl sites for hydroxylation is 1. The number of rotatable bonds is 3. The molecule has 2 heteroatoms. The normalized spacial score (nSPS) is 18.6. The van der Waals surface area contributed by atoms with Gasteiger partial charge in [-0.2, -0.15) is 0 Å². The molecule has 0 amide bonds. The summed E-state index contributed by atoms with van der Waals surface area (Å²) in [6.07, 6.45) is 5.02. The highest BCUT2D eigenvalue weighted by atomic mass is 19.1. The van der Waals surface area contributed by atoms with Crippen molar-refractivity contribution in [2.75, 3.05) is 0 Å². The summed E-state index contributed by atoms with van der Waals surface area (Å²) in [5, 5.41) is 0. The summed E-state index contributed by atoms with van der Waals surface area (Å²) < 4.78 is 12.9. The van der Waals surface area contributed by atoms with E-state index in [2.05, 4.69) is 0 Å². The van der Waals surface area contributed by atoms with Gasteiger partial charge in [-0.1, -0.05) is 25.3 Å². The van der Waals surface area contributed by atoms with Crippen molar-refractivity contribution in [2.45, 2.75) is 38.6 Å². The van der Waals surface area contributed by atoms with Gasteiger partial charge in [0.05, 0.1) is 0 Å². The van der Waals surface area contributed by atoms with Crippen LogP contribution in [0.1, 0.15) is 42.9 Å². The highest BCUT2D eigenvalue weighted by Gasteiger charge is 2.21. The van der Waals surface area contributed by atoms with Crippen LogP contribution in [0.4, 0.5) is 4.39 Å². The van der Waals surface area contributed by atoms with Gasteiger partial charge in [0.1, 0.15) is 5.82 Å². The molecule has 1 aliphatic carbocycles. The number of hydrogen-bond acceptors (Lipinski definition) is 1. The molecule has 0 radical (unpaired) electrons. The van der Waals surface area contributed by atoms with Gasteiger partial charge >= 0.3 is 0 Å². The van der Waals surface area contributed by atoms with E-state index in [9.17, 15) is 4.39 Å². The summed E-state index contributed by atoms with van der Waals surface area (Å²) in [5.74, 6) is 0.622. The summed E-state index contributed by atoms with van der Waals surface area (Å²) in [4.78, 5) is 0. The minimum atomic E-state index is -0.174. The minimum Gasteiger partial charge on any atom is -0.324 e. The van der Waals surface area contributed by atoms with Crippen LogP contribution in [0.25, 0.3) is 0 Å². The third-order valence-corrected chi connectivity index (χ3v) is 3.44. The van der Waals surface area contributed by atoms with E-state index in [1.54, 1.807) is 6.07 Å². The average molecular weight is 207 g/mol. The maximum Gasteiger partial charge on any atom is 0.123 e. The van der Waals surface area contributed by atoms with Gasteiger partial charge in [-0.25, -0.2) is 4.39 Å². The van der Waals surface area contributed by atoms with Crippen molar-refractivity contribution in [3.05, 3.63) is 35.1 Å². The molecule has 1 saturated carbocycles. The Morgan fingerprint density at radius 2 is 2.20 bits per heavy atom. The quantitative estimate of drug-likeness (QED) is 0.808. The van der Waals surface area contributed by atoms with E-state index in [-0.39, 0.29) is 11.9 Å². The first-order valence-electron chi connectivity index (χ1n) is 5.68. The van der Waals surface area contributed by atoms with Crippen molar-refractivity contribution in [1.82, 2.24) is 0 Å². The zero-order valence-corrected chi connectivity index (χ0v) is 9.17. The van der Waals surface area contributed by atoms with Crippen LogP contribution < -0.4 is 5.73 Å². The maximum atomic E-state index is 12.9. The molecule has 1 fully saturated rings. The van der Waals surface area contributed by atoms with Crippen molar-refractivity contribution in [1.29, 1.82) is 0 Å². The largest absolute Gasteiger partial charge is 0.324 e. The van der Waals surface area contributed by atoms with Crippen molar-refractivity contribution in [3.63, 3.8) is 0 Å². The SMILES string of the molecule is Cc1cc(F)ccc1C(N)CC1CCC1. The lowest BCUT2D eigenvalue weighted by molar-refractivity contribution is 0.277. The predicted molar refractivity (Wildman–Crippen MR) is 60.0 cm³/mol. The molecule has 0 saturated heterocycles. The van der Waals surface area contributed by atoms with E-state index in [4.69, 9.17) is 5.73 Å². The van der Waals surface area contributed by atoms with Crippen molar-refractivity contribution in [3.8, 4) is 0 Å². The molecule has 0 spiro atoms. The van der Waals surface area contributed by atoms with Crippen LogP contribution in [0.3, 0.4) is 0 Å². The number of benzene rings is 1. The zero-order valence-electron chi connectivity index (χ0n) is 9.17. The molecule has 2 N–H and O–H groups in total. The molecular weight excluding hydrogens is 189 g/mol. The lowest BCUT2D eigenvalue weighted by Crippen LogP contribution is -2.20. The van der Waals surface area contributed by atoms with Gasteiger partial charge in [0.15, 0.2) is 0 Å². The Kier molecular flexibility index (Phi) is 3.06. The topological polar surface area (TPSA) is 26.0 Å². The molecule has 1 nitrogen and oxygen atoms in total. The highest BCUT2D eigenvalue weighted by molar-refractivity contribution is 5.29. The monoisotopic (exact) mass is 207 g/mol. The zero-order chi connectivity index (χ0) is 10.8. The van der Waals surface area contributed by atoms with Crippen LogP contribution >= 0.6 is 0 Å². The average Bonchev–Trinajstić information content (AvgIpc) is 2.11. The first-order valence-corrected chi connectivity index (χ1v) is 5.68. The Hall–Kier alpha value is -0.890. The third kappa shape index (κ3) is 2.37. The van der Waals surface area contributed by atoms with E-state index in [1.807, 2.05) is 13.0 Å². The fourth-order valence-corrected chi connectivity index (χ4v) is 2.27. The van der Waals surface area contributed by atoms with Crippen LogP contribution in [-0.2, 0) is 0 Å². The number of halogens is 1. The molecule has 0 bridgehead atoms. The highest BCUT2D eigenvalue weighted by Crippen LogP contribution is 2.34.